The van der Waals surface area contributed by atoms with Crippen LogP contribution in [-0.4, -0.2) is 45.2 Å². The molecule has 0 saturated heterocycles. The van der Waals surface area contributed by atoms with E-state index in [2.05, 4.69) is 56.4 Å². The third kappa shape index (κ3) is 7.88. The first kappa shape index (κ1) is 17.7. The van der Waals surface area contributed by atoms with E-state index in [9.17, 15) is 0 Å². The molecular formula is C18H30N2O. The van der Waals surface area contributed by atoms with Gasteiger partial charge in [-0.05, 0) is 51.2 Å². The summed E-state index contributed by atoms with van der Waals surface area (Å²) < 4.78 is 5.71. The van der Waals surface area contributed by atoms with Crippen LogP contribution in [0.5, 0.6) is 5.75 Å². The van der Waals surface area contributed by atoms with Crippen molar-refractivity contribution in [2.75, 3.05) is 40.3 Å². The zero-order valence-electron chi connectivity index (χ0n) is 14.0. The van der Waals surface area contributed by atoms with Gasteiger partial charge in [-0.2, -0.15) is 0 Å². The molecule has 0 amide bonds. The molecule has 0 spiro atoms. The number of hydrogen-bond donors (Lipinski definition) is 1. The van der Waals surface area contributed by atoms with Crippen LogP contribution in [0.3, 0.4) is 0 Å². The van der Waals surface area contributed by atoms with Crippen LogP contribution >= 0.6 is 0 Å². The predicted octanol–water partition coefficient (Wildman–Crippen LogP) is 3.42. The van der Waals surface area contributed by atoms with Gasteiger partial charge in [0.25, 0.3) is 0 Å². The molecule has 0 atom stereocenters. The molecular weight excluding hydrogens is 260 g/mol. The molecule has 0 aliphatic heterocycles. The van der Waals surface area contributed by atoms with E-state index in [1.165, 1.54) is 17.6 Å². The Labute approximate surface area is 130 Å². The molecule has 0 aromatic heterocycles. The van der Waals surface area contributed by atoms with Crippen LogP contribution in [0.15, 0.2) is 29.8 Å². The molecule has 118 valence electrons. The number of rotatable bonds is 10. The van der Waals surface area contributed by atoms with Crippen molar-refractivity contribution < 1.29 is 4.74 Å². The lowest BCUT2D eigenvalue weighted by Gasteiger charge is -2.11. The normalized spacial score (nSPS) is 12.0. The lowest BCUT2D eigenvalue weighted by Crippen LogP contribution is -2.19. The summed E-state index contributed by atoms with van der Waals surface area (Å²) in [5.41, 5.74) is 2.68. The Hall–Kier alpha value is -1.32. The maximum atomic E-state index is 5.71. The molecule has 1 rings (SSSR count). The minimum Gasteiger partial charge on any atom is -0.492 e. The number of hydrogen-bond acceptors (Lipinski definition) is 3. The lowest BCUT2D eigenvalue weighted by molar-refractivity contribution is 0.261. The average molecular weight is 290 g/mol. The smallest absolute Gasteiger partial charge is 0.119 e. The molecule has 21 heavy (non-hydrogen) atoms. The van der Waals surface area contributed by atoms with E-state index in [4.69, 9.17) is 4.74 Å². The van der Waals surface area contributed by atoms with Crippen molar-refractivity contribution >= 4 is 6.08 Å². The van der Waals surface area contributed by atoms with Gasteiger partial charge in [0.1, 0.15) is 12.4 Å². The van der Waals surface area contributed by atoms with Gasteiger partial charge in [-0.15, -0.1) is 0 Å². The molecule has 0 radical (unpaired) electrons. The summed E-state index contributed by atoms with van der Waals surface area (Å²) in [6, 6.07) is 8.35. The van der Waals surface area contributed by atoms with Crippen LogP contribution in [0.4, 0.5) is 0 Å². The summed E-state index contributed by atoms with van der Waals surface area (Å²) in [6.07, 6.45) is 4.53. The van der Waals surface area contributed by atoms with Gasteiger partial charge in [-0.1, -0.05) is 37.6 Å². The summed E-state index contributed by atoms with van der Waals surface area (Å²) in [7, 11) is 4.10. The Balaban J connectivity index is 2.51. The molecule has 3 nitrogen and oxygen atoms in total. The number of nitrogens with one attached hydrogen (secondary N) is 1. The Morgan fingerprint density at radius 1 is 1.19 bits per heavy atom. The molecule has 0 aliphatic rings. The maximum Gasteiger partial charge on any atom is 0.119 e. The molecule has 0 fully saturated rings. The molecule has 1 N–H and O–H groups in total. The van der Waals surface area contributed by atoms with E-state index in [0.29, 0.717) is 0 Å². The minimum atomic E-state index is 0.726. The second-order valence-electron chi connectivity index (χ2n) is 5.55. The summed E-state index contributed by atoms with van der Waals surface area (Å²) in [4.78, 5) is 2.12. The van der Waals surface area contributed by atoms with Gasteiger partial charge in [-0.3, -0.25) is 0 Å². The zero-order chi connectivity index (χ0) is 15.5. The molecule has 1 aromatic rings. The van der Waals surface area contributed by atoms with E-state index in [-0.39, 0.29) is 0 Å². The van der Waals surface area contributed by atoms with E-state index >= 15 is 0 Å². The van der Waals surface area contributed by atoms with Gasteiger partial charge in [0.15, 0.2) is 0 Å². The fourth-order valence-corrected chi connectivity index (χ4v) is 1.95. The van der Waals surface area contributed by atoms with Gasteiger partial charge in [-0.25, -0.2) is 0 Å². The topological polar surface area (TPSA) is 24.5 Å². The van der Waals surface area contributed by atoms with Crippen molar-refractivity contribution in [2.24, 2.45) is 0 Å². The average Bonchev–Trinajstić information content (AvgIpc) is 2.47. The number of ether oxygens (including phenoxy) is 1. The first-order valence-corrected chi connectivity index (χ1v) is 7.93. The number of likely N-dealkylation sites (N-methyl/N-ethyl adjacent to an activating group) is 1. The quantitative estimate of drug-likeness (QED) is 0.668. The third-order valence-electron chi connectivity index (χ3n) is 3.29. The second-order valence-corrected chi connectivity index (χ2v) is 5.55. The summed E-state index contributed by atoms with van der Waals surface area (Å²) >= 11 is 0. The third-order valence-corrected chi connectivity index (χ3v) is 3.29. The number of nitrogens with zero attached hydrogens (tertiary/aromatic N) is 1. The predicted molar refractivity (Wildman–Crippen MR) is 91.9 cm³/mol. The fourth-order valence-electron chi connectivity index (χ4n) is 1.95. The Morgan fingerprint density at radius 2 is 1.90 bits per heavy atom. The second kappa shape index (κ2) is 10.4. The fraction of sp³-hybridized carbons (Fsp3) is 0.556. The highest BCUT2D eigenvalue weighted by Crippen LogP contribution is 2.15. The standard InChI is InChI=1S/C18H30N2O/c1-5-11-19-15-16(6-2)14-17-7-9-18(10-8-17)21-13-12-20(3)4/h7-10,14,19H,5-6,11-13,15H2,1-4H3. The highest BCUT2D eigenvalue weighted by molar-refractivity contribution is 5.54. The largest absolute Gasteiger partial charge is 0.492 e. The lowest BCUT2D eigenvalue weighted by atomic mass is 10.1. The van der Waals surface area contributed by atoms with Crippen LogP contribution in [0.25, 0.3) is 6.08 Å². The first-order chi connectivity index (χ1) is 10.2. The van der Waals surface area contributed by atoms with E-state index in [1.807, 2.05) is 12.1 Å². The Morgan fingerprint density at radius 3 is 2.48 bits per heavy atom. The van der Waals surface area contributed by atoms with E-state index in [1.54, 1.807) is 0 Å². The van der Waals surface area contributed by atoms with Crippen LogP contribution in [-0.2, 0) is 0 Å². The summed E-state index contributed by atoms with van der Waals surface area (Å²) in [5, 5.41) is 3.46. The molecule has 0 aliphatic carbocycles. The van der Waals surface area contributed by atoms with Crippen molar-refractivity contribution in [1.82, 2.24) is 10.2 Å². The molecule has 1 aromatic carbocycles. The highest BCUT2D eigenvalue weighted by Gasteiger charge is 1.98. The van der Waals surface area contributed by atoms with Crippen LogP contribution in [0, 0.1) is 0 Å². The monoisotopic (exact) mass is 290 g/mol. The van der Waals surface area contributed by atoms with Gasteiger partial charge in [0.05, 0.1) is 0 Å². The van der Waals surface area contributed by atoms with Crippen molar-refractivity contribution in [3.63, 3.8) is 0 Å². The van der Waals surface area contributed by atoms with Crippen molar-refractivity contribution in [2.45, 2.75) is 26.7 Å². The van der Waals surface area contributed by atoms with Gasteiger partial charge in [0, 0.05) is 13.1 Å². The SMILES string of the molecule is CCCNCC(=Cc1ccc(OCCN(C)C)cc1)CC. The molecule has 0 heterocycles. The first-order valence-electron chi connectivity index (χ1n) is 7.93. The van der Waals surface area contributed by atoms with Gasteiger partial charge < -0.3 is 15.0 Å². The van der Waals surface area contributed by atoms with Gasteiger partial charge in [0.2, 0.25) is 0 Å². The van der Waals surface area contributed by atoms with Crippen molar-refractivity contribution in [3.05, 3.63) is 35.4 Å². The van der Waals surface area contributed by atoms with Gasteiger partial charge >= 0.3 is 0 Å². The summed E-state index contributed by atoms with van der Waals surface area (Å²) in [5.74, 6) is 0.941. The van der Waals surface area contributed by atoms with Crippen molar-refractivity contribution in [3.8, 4) is 5.75 Å². The van der Waals surface area contributed by atoms with E-state index in [0.717, 1.165) is 38.4 Å². The zero-order valence-corrected chi connectivity index (χ0v) is 14.0. The molecule has 0 unspecified atom stereocenters. The molecule has 0 saturated carbocycles. The van der Waals surface area contributed by atoms with Crippen LogP contribution in [0.1, 0.15) is 32.3 Å². The van der Waals surface area contributed by atoms with Crippen LogP contribution < -0.4 is 10.1 Å². The van der Waals surface area contributed by atoms with Crippen LogP contribution in [0.2, 0.25) is 0 Å². The number of benzene rings is 1. The summed E-state index contributed by atoms with van der Waals surface area (Å²) in [6.45, 7) is 8.12. The highest BCUT2D eigenvalue weighted by atomic mass is 16.5. The maximum absolute atomic E-state index is 5.71. The Kier molecular flexibility index (Phi) is 8.79. The molecule has 0 bridgehead atoms. The van der Waals surface area contributed by atoms with E-state index < -0.39 is 0 Å². The minimum absolute atomic E-state index is 0.726. The molecule has 3 heteroatoms. The van der Waals surface area contributed by atoms with Crippen molar-refractivity contribution in [1.29, 1.82) is 0 Å². The Bertz CT molecular complexity index is 410.